The molecule has 0 aromatic heterocycles. The maximum Gasteiger partial charge on any atom is 0.303 e. The van der Waals surface area contributed by atoms with Crippen molar-refractivity contribution in [1.29, 1.82) is 0 Å². The normalized spacial score (nSPS) is 19.6. The van der Waals surface area contributed by atoms with Gasteiger partial charge in [0.1, 0.15) is 0 Å². The Morgan fingerprint density at radius 2 is 2.17 bits per heavy atom. The first kappa shape index (κ1) is 12.2. The third-order valence-electron chi connectivity index (χ3n) is 4.20. The van der Waals surface area contributed by atoms with Crippen molar-refractivity contribution < 1.29 is 9.90 Å². The Morgan fingerprint density at radius 1 is 1.39 bits per heavy atom. The molecule has 1 aromatic carbocycles. The van der Waals surface area contributed by atoms with Crippen LogP contribution in [0.4, 0.5) is 0 Å². The van der Waals surface area contributed by atoms with E-state index in [0.29, 0.717) is 5.92 Å². The molecule has 2 aliphatic carbocycles. The van der Waals surface area contributed by atoms with E-state index in [1.807, 2.05) is 0 Å². The SMILES string of the molecule is O=C(O)CC(c1cc(Br)c2c(c1)CCC2)C1CC1. The van der Waals surface area contributed by atoms with Crippen LogP contribution < -0.4 is 0 Å². The molecule has 1 unspecified atom stereocenters. The number of hydrogen-bond donors (Lipinski definition) is 1. The van der Waals surface area contributed by atoms with Gasteiger partial charge in [-0.05, 0) is 66.7 Å². The zero-order valence-electron chi connectivity index (χ0n) is 10.3. The van der Waals surface area contributed by atoms with Crippen molar-refractivity contribution >= 4 is 21.9 Å². The standard InChI is InChI=1S/C15H17BrO2/c16-14-7-11(6-10-2-1-3-12(10)14)13(8-15(17)18)9-4-5-9/h6-7,9,13H,1-5,8H2,(H,17,18). The molecule has 3 rings (SSSR count). The summed E-state index contributed by atoms with van der Waals surface area (Å²) in [6, 6.07) is 4.43. The number of halogens is 1. The van der Waals surface area contributed by atoms with Gasteiger partial charge in [-0.3, -0.25) is 4.79 Å². The summed E-state index contributed by atoms with van der Waals surface area (Å²) in [5, 5.41) is 9.07. The maximum atomic E-state index is 11.0. The topological polar surface area (TPSA) is 37.3 Å². The summed E-state index contributed by atoms with van der Waals surface area (Å²) in [4.78, 5) is 11.0. The molecular formula is C15H17BrO2. The van der Waals surface area contributed by atoms with E-state index in [9.17, 15) is 4.79 Å². The van der Waals surface area contributed by atoms with Gasteiger partial charge in [0.25, 0.3) is 0 Å². The van der Waals surface area contributed by atoms with Crippen molar-refractivity contribution in [2.75, 3.05) is 0 Å². The van der Waals surface area contributed by atoms with E-state index in [1.54, 1.807) is 0 Å². The Hall–Kier alpha value is -0.830. The summed E-state index contributed by atoms with van der Waals surface area (Å²) in [6.07, 6.45) is 6.18. The molecule has 2 aliphatic rings. The highest BCUT2D eigenvalue weighted by molar-refractivity contribution is 9.10. The smallest absolute Gasteiger partial charge is 0.303 e. The quantitative estimate of drug-likeness (QED) is 0.915. The summed E-state index contributed by atoms with van der Waals surface area (Å²) in [7, 11) is 0. The van der Waals surface area contributed by atoms with E-state index in [0.717, 1.165) is 12.8 Å². The molecule has 1 saturated carbocycles. The van der Waals surface area contributed by atoms with E-state index in [1.165, 1.54) is 40.4 Å². The molecule has 1 atom stereocenters. The van der Waals surface area contributed by atoms with Crippen molar-refractivity contribution in [3.05, 3.63) is 33.3 Å². The van der Waals surface area contributed by atoms with Gasteiger partial charge in [0.15, 0.2) is 0 Å². The van der Waals surface area contributed by atoms with Gasteiger partial charge >= 0.3 is 5.97 Å². The number of aryl methyl sites for hydroxylation is 1. The zero-order chi connectivity index (χ0) is 12.7. The highest BCUT2D eigenvalue weighted by atomic mass is 79.9. The lowest BCUT2D eigenvalue weighted by molar-refractivity contribution is -0.137. The van der Waals surface area contributed by atoms with Gasteiger partial charge in [-0.15, -0.1) is 0 Å². The Morgan fingerprint density at radius 3 is 2.83 bits per heavy atom. The van der Waals surface area contributed by atoms with Crippen molar-refractivity contribution in [3.8, 4) is 0 Å². The molecule has 96 valence electrons. The van der Waals surface area contributed by atoms with Crippen molar-refractivity contribution in [2.45, 2.75) is 44.4 Å². The molecule has 1 fully saturated rings. The molecule has 2 nitrogen and oxygen atoms in total. The molecule has 0 bridgehead atoms. The minimum Gasteiger partial charge on any atom is -0.481 e. The van der Waals surface area contributed by atoms with Gasteiger partial charge in [0.05, 0.1) is 6.42 Å². The zero-order valence-corrected chi connectivity index (χ0v) is 11.9. The average Bonchev–Trinajstić information content (AvgIpc) is 3.03. The van der Waals surface area contributed by atoms with Crippen LogP contribution in [0.3, 0.4) is 0 Å². The molecular weight excluding hydrogens is 292 g/mol. The lowest BCUT2D eigenvalue weighted by Gasteiger charge is -2.17. The van der Waals surface area contributed by atoms with Crippen LogP contribution in [-0.4, -0.2) is 11.1 Å². The molecule has 0 saturated heterocycles. The predicted molar refractivity (Wildman–Crippen MR) is 73.9 cm³/mol. The van der Waals surface area contributed by atoms with Crippen molar-refractivity contribution in [3.63, 3.8) is 0 Å². The van der Waals surface area contributed by atoms with Gasteiger partial charge in [-0.1, -0.05) is 22.0 Å². The van der Waals surface area contributed by atoms with Crippen LogP contribution in [0.15, 0.2) is 16.6 Å². The second-order valence-electron chi connectivity index (χ2n) is 5.54. The molecule has 0 heterocycles. The minimum absolute atomic E-state index is 0.213. The number of carboxylic acids is 1. The Labute approximate surface area is 116 Å². The summed E-state index contributed by atoms with van der Waals surface area (Å²) < 4.78 is 1.18. The molecule has 0 spiro atoms. The number of rotatable bonds is 4. The number of fused-ring (bicyclic) bond motifs is 1. The number of hydrogen-bond acceptors (Lipinski definition) is 1. The van der Waals surface area contributed by atoms with E-state index in [4.69, 9.17) is 5.11 Å². The number of benzene rings is 1. The average molecular weight is 309 g/mol. The molecule has 3 heteroatoms. The second-order valence-corrected chi connectivity index (χ2v) is 6.39. The first-order valence-electron chi connectivity index (χ1n) is 6.68. The number of carboxylic acid groups (broad SMARTS) is 1. The van der Waals surface area contributed by atoms with Gasteiger partial charge in [-0.25, -0.2) is 0 Å². The molecule has 1 aromatic rings. The number of carbonyl (C=O) groups is 1. The van der Waals surface area contributed by atoms with Gasteiger partial charge in [0, 0.05) is 4.47 Å². The highest BCUT2D eigenvalue weighted by Gasteiger charge is 2.34. The van der Waals surface area contributed by atoms with Crippen molar-refractivity contribution in [2.24, 2.45) is 5.92 Å². The van der Waals surface area contributed by atoms with Crippen LogP contribution in [0.2, 0.25) is 0 Å². The minimum atomic E-state index is -0.677. The second kappa shape index (κ2) is 4.69. The van der Waals surface area contributed by atoms with Gasteiger partial charge in [-0.2, -0.15) is 0 Å². The Kier molecular flexibility index (Phi) is 3.18. The van der Waals surface area contributed by atoms with Gasteiger partial charge < -0.3 is 5.11 Å². The van der Waals surface area contributed by atoms with E-state index >= 15 is 0 Å². The van der Waals surface area contributed by atoms with Crippen LogP contribution >= 0.6 is 15.9 Å². The van der Waals surface area contributed by atoms with Crippen molar-refractivity contribution in [1.82, 2.24) is 0 Å². The molecule has 18 heavy (non-hydrogen) atoms. The monoisotopic (exact) mass is 308 g/mol. The predicted octanol–water partition coefficient (Wildman–Crippen LogP) is 3.91. The fourth-order valence-electron chi connectivity index (χ4n) is 3.13. The van der Waals surface area contributed by atoms with Crippen LogP contribution in [0, 0.1) is 5.92 Å². The third-order valence-corrected chi connectivity index (χ3v) is 4.90. The first-order valence-corrected chi connectivity index (χ1v) is 7.47. The molecule has 1 N–H and O–H groups in total. The van der Waals surface area contributed by atoms with E-state index in [2.05, 4.69) is 28.1 Å². The first-order chi connectivity index (χ1) is 8.65. The summed E-state index contributed by atoms with van der Waals surface area (Å²) in [5.74, 6) is 0.126. The van der Waals surface area contributed by atoms with E-state index < -0.39 is 5.97 Å². The Bertz CT molecular complexity index is 492. The molecule has 0 radical (unpaired) electrons. The van der Waals surface area contributed by atoms with Crippen LogP contribution in [-0.2, 0) is 17.6 Å². The highest BCUT2D eigenvalue weighted by Crippen LogP contribution is 2.46. The maximum absolute atomic E-state index is 11.0. The third kappa shape index (κ3) is 2.33. The molecule has 0 amide bonds. The van der Waals surface area contributed by atoms with Crippen LogP contribution in [0.25, 0.3) is 0 Å². The lowest BCUT2D eigenvalue weighted by Crippen LogP contribution is -2.09. The summed E-state index contributed by atoms with van der Waals surface area (Å²) in [5.41, 5.74) is 4.09. The van der Waals surface area contributed by atoms with E-state index in [-0.39, 0.29) is 12.3 Å². The lowest BCUT2D eigenvalue weighted by atomic mass is 9.89. The largest absolute Gasteiger partial charge is 0.481 e. The summed E-state index contributed by atoms with van der Waals surface area (Å²) in [6.45, 7) is 0. The van der Waals surface area contributed by atoms with Gasteiger partial charge in [0.2, 0.25) is 0 Å². The molecule has 0 aliphatic heterocycles. The van der Waals surface area contributed by atoms with Crippen LogP contribution in [0.5, 0.6) is 0 Å². The van der Waals surface area contributed by atoms with Crippen LogP contribution in [0.1, 0.15) is 48.3 Å². The number of aliphatic carboxylic acids is 1. The Balaban J connectivity index is 1.94. The fourth-order valence-corrected chi connectivity index (χ4v) is 3.85. The summed E-state index contributed by atoms with van der Waals surface area (Å²) >= 11 is 3.65. The fraction of sp³-hybridized carbons (Fsp3) is 0.533.